The van der Waals surface area contributed by atoms with Crippen molar-refractivity contribution in [3.05, 3.63) is 0 Å². The highest BCUT2D eigenvalue weighted by molar-refractivity contribution is 6.00. The van der Waals surface area contributed by atoms with E-state index in [1.807, 2.05) is 0 Å². The van der Waals surface area contributed by atoms with Gasteiger partial charge in [0, 0.05) is 19.5 Å². The van der Waals surface area contributed by atoms with E-state index in [4.69, 9.17) is 28.7 Å². The first-order valence-electron chi connectivity index (χ1n) is 29.8. The van der Waals surface area contributed by atoms with E-state index in [1.54, 1.807) is 41.5 Å². The van der Waals surface area contributed by atoms with Crippen molar-refractivity contribution in [1.82, 2.24) is 58.1 Å². The van der Waals surface area contributed by atoms with Gasteiger partial charge in [0.25, 0.3) is 0 Å². The number of nitrogens with zero attached hydrogens (tertiary/aromatic N) is 2. The van der Waals surface area contributed by atoms with Crippen molar-refractivity contribution < 1.29 is 87.2 Å². The largest absolute Gasteiger partial charge is 0.481 e. The number of amides is 12. The fourth-order valence-electron chi connectivity index (χ4n) is 9.28. The van der Waals surface area contributed by atoms with Gasteiger partial charge < -0.3 is 102 Å². The molecule has 12 amide bonds. The van der Waals surface area contributed by atoms with Crippen LogP contribution in [0.4, 0.5) is 0 Å². The van der Waals surface area contributed by atoms with E-state index in [0.717, 1.165) is 4.90 Å². The topological polar surface area (TPSA) is 583 Å². The number of rotatable bonds is 43. The van der Waals surface area contributed by atoms with Gasteiger partial charge in [-0.05, 0) is 102 Å². The fraction of sp³-hybridized carbons (Fsp3) is 0.709. The maximum atomic E-state index is 14.2. The van der Waals surface area contributed by atoms with Crippen molar-refractivity contribution in [3.63, 3.8) is 0 Å². The van der Waals surface area contributed by atoms with E-state index in [0.29, 0.717) is 6.42 Å². The molecule has 0 radical (unpaired) electrons. The number of nitrogens with one attached hydrogen (secondary N) is 10. The molecule has 0 aromatic carbocycles. The lowest BCUT2D eigenvalue weighted by Gasteiger charge is -2.31. The van der Waals surface area contributed by atoms with Gasteiger partial charge in [-0.2, -0.15) is 0 Å². The fourth-order valence-corrected chi connectivity index (χ4v) is 9.28. The van der Waals surface area contributed by atoms with E-state index in [9.17, 15) is 87.2 Å². The van der Waals surface area contributed by atoms with Crippen molar-refractivity contribution in [2.24, 2.45) is 51.4 Å². The van der Waals surface area contributed by atoms with Crippen LogP contribution in [0.1, 0.15) is 138 Å². The summed E-state index contributed by atoms with van der Waals surface area (Å²) in [6, 6.07) is -15.0. The Morgan fingerprint density at radius 3 is 1.47 bits per heavy atom. The molecule has 1 heterocycles. The molecule has 35 nitrogen and oxygen atoms in total. The number of likely N-dealkylation sites (tertiary alicyclic amines) is 1. The molecule has 0 bridgehead atoms. The van der Waals surface area contributed by atoms with Gasteiger partial charge in [0.15, 0.2) is 5.96 Å². The van der Waals surface area contributed by atoms with E-state index < -0.39 is 194 Å². The van der Waals surface area contributed by atoms with Crippen LogP contribution in [0.25, 0.3) is 0 Å². The third-order valence-electron chi connectivity index (χ3n) is 13.7. The molecule has 1 aliphatic heterocycles. The van der Waals surface area contributed by atoms with E-state index in [1.165, 1.54) is 6.92 Å². The summed E-state index contributed by atoms with van der Waals surface area (Å²) >= 11 is 0. The Hall–Kier alpha value is -8.76. The van der Waals surface area contributed by atoms with Crippen molar-refractivity contribution >= 4 is 94.8 Å². The Bertz CT molecular complexity index is 2550. The SMILES string of the molecule is CC(C)C[C@H](NC(=O)[C@H](CCCN=C(N)N)NC(=O)CNC(=O)[C@H](CCC(N)=O)NC(=O)[C@H](CCCCN)NC(=O)[C@H](CC(C)C)NC(=O)[C@H](CC(=O)O)NC(=O)[C@H](CC(=O)O)NC(=O)[C@@H]1CCCN1C(=O)[C@H](CC(C)C)NC(=O)[C@H](C)NC(=O)CN)C(=O)O. The molecule has 0 aliphatic carbocycles. The summed E-state index contributed by atoms with van der Waals surface area (Å²) in [6.07, 6.45) is -2.44. The van der Waals surface area contributed by atoms with Crippen LogP contribution in [0.3, 0.4) is 0 Å². The Balaban J connectivity index is 3.47. The number of aliphatic imine (C=N–C) groups is 1. The molecule has 0 unspecified atom stereocenters. The zero-order valence-corrected chi connectivity index (χ0v) is 52.2. The Labute approximate surface area is 521 Å². The third kappa shape index (κ3) is 30.9. The zero-order chi connectivity index (χ0) is 68.5. The van der Waals surface area contributed by atoms with Crippen LogP contribution in [0.15, 0.2) is 4.99 Å². The molecule has 0 aromatic rings. The van der Waals surface area contributed by atoms with Gasteiger partial charge in [-0.15, -0.1) is 0 Å². The number of carboxylic acid groups (broad SMARTS) is 3. The van der Waals surface area contributed by atoms with Crippen molar-refractivity contribution in [3.8, 4) is 0 Å². The summed E-state index contributed by atoms with van der Waals surface area (Å²) in [5, 5.41) is 53.3. The summed E-state index contributed by atoms with van der Waals surface area (Å²) in [5.41, 5.74) is 27.2. The number of aliphatic carboxylic acids is 3. The highest BCUT2D eigenvalue weighted by Crippen LogP contribution is 2.21. The van der Waals surface area contributed by atoms with Crippen LogP contribution in [0.5, 0.6) is 0 Å². The van der Waals surface area contributed by atoms with Gasteiger partial charge in [-0.3, -0.25) is 72.1 Å². The number of hydrogen-bond donors (Lipinski definition) is 18. The van der Waals surface area contributed by atoms with Gasteiger partial charge >= 0.3 is 17.9 Å². The molecule has 10 atom stereocenters. The van der Waals surface area contributed by atoms with Gasteiger partial charge in [-0.25, -0.2) is 4.79 Å². The molecule has 0 aromatic heterocycles. The molecular formula is C55H95N17O18. The Morgan fingerprint density at radius 1 is 0.500 bits per heavy atom. The number of hydrogen-bond acceptors (Lipinski definition) is 18. The summed E-state index contributed by atoms with van der Waals surface area (Å²) in [5.74, 6) is -17.0. The van der Waals surface area contributed by atoms with Crippen molar-refractivity contribution in [2.75, 3.05) is 32.7 Å². The molecule has 508 valence electrons. The minimum atomic E-state index is -2.04. The number of carboxylic acids is 3. The normalized spacial score (nSPS) is 15.8. The lowest BCUT2D eigenvalue weighted by atomic mass is 10.0. The van der Waals surface area contributed by atoms with Crippen molar-refractivity contribution in [1.29, 1.82) is 0 Å². The maximum absolute atomic E-state index is 14.2. The van der Waals surface area contributed by atoms with Crippen LogP contribution in [-0.4, -0.2) is 208 Å². The summed E-state index contributed by atoms with van der Waals surface area (Å²) < 4.78 is 0. The lowest BCUT2D eigenvalue weighted by Crippen LogP contribution is -2.60. The second-order valence-electron chi connectivity index (χ2n) is 23.1. The zero-order valence-electron chi connectivity index (χ0n) is 52.2. The van der Waals surface area contributed by atoms with Crippen molar-refractivity contribution in [2.45, 2.75) is 199 Å². The highest BCUT2D eigenvalue weighted by Gasteiger charge is 2.41. The standard InChI is InChI=1S/C55H95N17O18/c1-27(2)20-34(67-50(85)35(23-43(76)77)68-51(86)36(24-44(78)79)69-52(87)39-14-11-19-72(39)53(88)37(21-28(3)4)70-45(80)30(7)63-41(74)25-57)49(84)65-32(12-8-9-17-56)48(83)66-33(15-16-40(58)73)46(81)62-26-42(75)64-31(13-10-18-61-55(59)60)47(82)71-38(54(89)90)22-29(5)6/h27-39H,8-26,56-57H2,1-7H3,(H2,58,73)(H,62,81)(H,63,74)(H,64,75)(H,65,84)(H,66,83)(H,67,85)(H,68,86)(H,69,87)(H,70,80)(H,71,82)(H,76,77)(H,78,79)(H,89,90)(H4,59,60,61)/t30-,31-,32-,33-,34-,35-,36-,37-,38-,39-/m0/s1. The molecule has 35 heteroatoms. The Morgan fingerprint density at radius 2 is 0.956 bits per heavy atom. The maximum Gasteiger partial charge on any atom is 0.326 e. The summed E-state index contributed by atoms with van der Waals surface area (Å²) in [6.45, 7) is 10.7. The first-order valence-corrected chi connectivity index (χ1v) is 29.8. The van der Waals surface area contributed by atoms with Crippen LogP contribution in [0, 0.1) is 17.8 Å². The van der Waals surface area contributed by atoms with Crippen LogP contribution >= 0.6 is 0 Å². The second kappa shape index (κ2) is 40.7. The number of unbranched alkanes of at least 4 members (excludes halogenated alkanes) is 1. The molecule has 0 saturated carbocycles. The molecule has 90 heavy (non-hydrogen) atoms. The van der Waals surface area contributed by atoms with Gasteiger partial charge in [0.1, 0.15) is 60.4 Å². The average molecular weight is 1280 g/mol. The molecule has 1 aliphatic rings. The van der Waals surface area contributed by atoms with Gasteiger partial charge in [-0.1, -0.05) is 41.5 Å². The predicted molar refractivity (Wildman–Crippen MR) is 322 cm³/mol. The molecule has 23 N–H and O–H groups in total. The van der Waals surface area contributed by atoms with Crippen LogP contribution < -0.4 is 81.8 Å². The van der Waals surface area contributed by atoms with Crippen LogP contribution in [-0.2, 0) is 71.9 Å². The van der Waals surface area contributed by atoms with Gasteiger partial charge in [0.2, 0.25) is 70.9 Å². The quantitative estimate of drug-likeness (QED) is 0.0154. The number of guanidine groups is 1. The minimum absolute atomic E-state index is 0.00928. The summed E-state index contributed by atoms with van der Waals surface area (Å²) in [7, 11) is 0. The molecule has 1 rings (SSSR count). The molecular weight excluding hydrogens is 1190 g/mol. The second-order valence-corrected chi connectivity index (χ2v) is 23.1. The minimum Gasteiger partial charge on any atom is -0.481 e. The smallest absolute Gasteiger partial charge is 0.326 e. The molecule has 1 fully saturated rings. The monoisotopic (exact) mass is 1280 g/mol. The number of primary amides is 1. The molecule has 0 spiro atoms. The first kappa shape index (κ1) is 79.3. The lowest BCUT2D eigenvalue weighted by molar-refractivity contribution is -0.145. The average Bonchev–Trinajstić information content (AvgIpc) is 1.76. The number of nitrogens with two attached hydrogens (primary N) is 5. The van der Waals surface area contributed by atoms with Crippen LogP contribution in [0.2, 0.25) is 0 Å². The van der Waals surface area contributed by atoms with E-state index in [-0.39, 0.29) is 95.2 Å². The highest BCUT2D eigenvalue weighted by atomic mass is 16.4. The molecule has 1 saturated heterocycles. The predicted octanol–water partition coefficient (Wildman–Crippen LogP) is -5.94. The first-order chi connectivity index (χ1) is 42.1. The number of carbonyl (C=O) groups is 15. The Kier molecular flexibility index (Phi) is 35.9. The number of carbonyl (C=O) groups excluding carboxylic acids is 12. The van der Waals surface area contributed by atoms with E-state index in [2.05, 4.69) is 58.2 Å². The van der Waals surface area contributed by atoms with E-state index >= 15 is 0 Å². The summed E-state index contributed by atoms with van der Waals surface area (Å²) in [4.78, 5) is 203. The van der Waals surface area contributed by atoms with Gasteiger partial charge in [0.05, 0.1) is 25.9 Å². The third-order valence-corrected chi connectivity index (χ3v) is 13.7.